The van der Waals surface area contributed by atoms with Crippen LogP contribution in [0.1, 0.15) is 0 Å². The van der Waals surface area contributed by atoms with Crippen LogP contribution in [0.4, 0.5) is 11.4 Å². The molecule has 8 nitrogen and oxygen atoms in total. The Labute approximate surface area is 142 Å². The van der Waals surface area contributed by atoms with Crippen LogP contribution in [-0.4, -0.2) is 25.0 Å². The zero-order valence-electron chi connectivity index (χ0n) is 12.2. The molecule has 24 heavy (non-hydrogen) atoms. The van der Waals surface area contributed by atoms with E-state index in [2.05, 4.69) is 5.32 Å². The van der Waals surface area contributed by atoms with E-state index in [0.29, 0.717) is 10.6 Å². The van der Waals surface area contributed by atoms with E-state index in [9.17, 15) is 23.3 Å². The molecule has 0 aromatic heterocycles. The number of sulfonamides is 1. The smallest absolute Gasteiger partial charge is 0.269 e. The van der Waals surface area contributed by atoms with Gasteiger partial charge in [-0.15, -0.1) is 11.8 Å². The average molecular weight is 367 g/mol. The Bertz CT molecular complexity index is 866. The van der Waals surface area contributed by atoms with Gasteiger partial charge in [0.25, 0.3) is 5.69 Å². The Kier molecular flexibility index (Phi) is 5.54. The lowest BCUT2D eigenvalue weighted by Crippen LogP contribution is -2.16. The van der Waals surface area contributed by atoms with Crippen LogP contribution in [0.15, 0.2) is 58.3 Å². The van der Waals surface area contributed by atoms with Gasteiger partial charge in [-0.25, -0.2) is 13.6 Å². The van der Waals surface area contributed by atoms with Gasteiger partial charge in [-0.2, -0.15) is 0 Å². The van der Waals surface area contributed by atoms with Gasteiger partial charge in [-0.1, -0.05) is 6.07 Å². The number of nitrogens with one attached hydrogen (secondary N) is 1. The molecule has 3 N–H and O–H groups in total. The molecule has 0 atom stereocenters. The summed E-state index contributed by atoms with van der Waals surface area (Å²) in [7, 11) is -3.84. The van der Waals surface area contributed by atoms with Gasteiger partial charge in [0, 0.05) is 22.7 Å². The molecule has 0 fully saturated rings. The highest BCUT2D eigenvalue weighted by atomic mass is 32.2. The largest absolute Gasteiger partial charge is 0.325 e. The highest BCUT2D eigenvalue weighted by molar-refractivity contribution is 8.00. The SMILES string of the molecule is NS(=O)(=O)c1cccc(NC(=O)CSc2ccc([N+](=O)[O-])cc2)c1. The second-order valence-corrected chi connectivity index (χ2v) is 7.27. The zero-order valence-corrected chi connectivity index (χ0v) is 13.8. The molecule has 0 aliphatic rings. The number of carbonyl (C=O) groups is 1. The summed E-state index contributed by atoms with van der Waals surface area (Å²) in [6.45, 7) is 0. The second-order valence-electron chi connectivity index (χ2n) is 4.66. The van der Waals surface area contributed by atoms with Gasteiger partial charge in [-0.05, 0) is 30.3 Å². The van der Waals surface area contributed by atoms with Gasteiger partial charge >= 0.3 is 0 Å². The van der Waals surface area contributed by atoms with Crippen molar-refractivity contribution in [1.29, 1.82) is 0 Å². The third-order valence-corrected chi connectivity index (χ3v) is 4.79. The van der Waals surface area contributed by atoms with E-state index < -0.39 is 14.9 Å². The second kappa shape index (κ2) is 7.43. The molecular formula is C14H13N3O5S2. The number of carbonyl (C=O) groups excluding carboxylic acids is 1. The Hall–Kier alpha value is -2.43. The van der Waals surface area contributed by atoms with Crippen LogP contribution < -0.4 is 10.5 Å². The predicted octanol–water partition coefficient (Wildman–Crippen LogP) is 1.97. The van der Waals surface area contributed by atoms with Crippen molar-refractivity contribution in [3.05, 3.63) is 58.6 Å². The number of amides is 1. The van der Waals surface area contributed by atoms with Crippen LogP contribution in [0.3, 0.4) is 0 Å². The first-order chi connectivity index (χ1) is 11.3. The number of thioether (sulfide) groups is 1. The summed E-state index contributed by atoms with van der Waals surface area (Å²) in [6.07, 6.45) is 0. The maximum atomic E-state index is 11.9. The van der Waals surface area contributed by atoms with Crippen LogP contribution in [0.25, 0.3) is 0 Å². The molecule has 2 aromatic rings. The van der Waals surface area contributed by atoms with E-state index in [1.54, 1.807) is 18.2 Å². The van der Waals surface area contributed by atoms with E-state index in [4.69, 9.17) is 5.14 Å². The minimum absolute atomic E-state index is 0.0244. The summed E-state index contributed by atoms with van der Waals surface area (Å²) in [5, 5.41) is 18.2. The van der Waals surface area contributed by atoms with Crippen molar-refractivity contribution in [1.82, 2.24) is 0 Å². The van der Waals surface area contributed by atoms with E-state index in [0.717, 1.165) is 0 Å². The van der Waals surface area contributed by atoms with Crippen molar-refractivity contribution in [2.75, 3.05) is 11.1 Å². The molecule has 0 radical (unpaired) electrons. The quantitative estimate of drug-likeness (QED) is 0.456. The molecule has 0 aliphatic heterocycles. The minimum Gasteiger partial charge on any atom is -0.325 e. The molecule has 0 saturated carbocycles. The number of non-ortho nitro benzene ring substituents is 1. The number of nitro benzene ring substituents is 1. The number of nitro groups is 1. The zero-order chi connectivity index (χ0) is 17.7. The number of benzene rings is 2. The van der Waals surface area contributed by atoms with Gasteiger partial charge in [0.1, 0.15) is 0 Å². The number of primary sulfonamides is 1. The molecule has 0 heterocycles. The number of nitrogens with zero attached hydrogens (tertiary/aromatic N) is 1. The third kappa shape index (κ3) is 5.05. The number of hydrogen-bond donors (Lipinski definition) is 2. The maximum absolute atomic E-state index is 11.9. The van der Waals surface area contributed by atoms with E-state index in [-0.39, 0.29) is 22.2 Å². The first kappa shape index (κ1) is 17.9. The Morgan fingerprint density at radius 2 is 1.88 bits per heavy atom. The summed E-state index contributed by atoms with van der Waals surface area (Å²) in [6, 6.07) is 11.4. The van der Waals surface area contributed by atoms with Crippen molar-refractivity contribution >= 4 is 39.1 Å². The lowest BCUT2D eigenvalue weighted by atomic mass is 10.3. The Morgan fingerprint density at radius 3 is 2.46 bits per heavy atom. The maximum Gasteiger partial charge on any atom is 0.269 e. The van der Waals surface area contributed by atoms with Gasteiger partial charge in [0.05, 0.1) is 15.6 Å². The molecular weight excluding hydrogens is 354 g/mol. The minimum atomic E-state index is -3.84. The van der Waals surface area contributed by atoms with Crippen molar-refractivity contribution in [2.45, 2.75) is 9.79 Å². The lowest BCUT2D eigenvalue weighted by Gasteiger charge is -2.06. The van der Waals surface area contributed by atoms with E-state index in [1.165, 1.54) is 42.1 Å². The molecule has 0 aliphatic carbocycles. The highest BCUT2D eigenvalue weighted by Crippen LogP contribution is 2.22. The summed E-state index contributed by atoms with van der Waals surface area (Å²) >= 11 is 1.20. The molecule has 0 saturated heterocycles. The van der Waals surface area contributed by atoms with Gasteiger partial charge < -0.3 is 5.32 Å². The first-order valence-electron chi connectivity index (χ1n) is 6.56. The molecule has 0 spiro atoms. The highest BCUT2D eigenvalue weighted by Gasteiger charge is 2.10. The summed E-state index contributed by atoms with van der Waals surface area (Å²) < 4.78 is 22.5. The van der Waals surface area contributed by atoms with Crippen LogP contribution >= 0.6 is 11.8 Å². The van der Waals surface area contributed by atoms with E-state index >= 15 is 0 Å². The number of anilines is 1. The lowest BCUT2D eigenvalue weighted by molar-refractivity contribution is -0.384. The summed E-state index contributed by atoms with van der Waals surface area (Å²) in [5.41, 5.74) is 0.291. The summed E-state index contributed by atoms with van der Waals surface area (Å²) in [5.74, 6) is -0.276. The van der Waals surface area contributed by atoms with Crippen LogP contribution in [0.5, 0.6) is 0 Å². The normalized spacial score (nSPS) is 11.0. The van der Waals surface area contributed by atoms with Gasteiger partial charge in [-0.3, -0.25) is 14.9 Å². The fraction of sp³-hybridized carbons (Fsp3) is 0.0714. The fourth-order valence-electron chi connectivity index (χ4n) is 1.76. The number of nitrogens with two attached hydrogens (primary N) is 1. The predicted molar refractivity (Wildman–Crippen MR) is 90.3 cm³/mol. The van der Waals surface area contributed by atoms with Crippen LogP contribution in [0, 0.1) is 10.1 Å². The molecule has 0 unspecified atom stereocenters. The van der Waals surface area contributed by atoms with Crippen LogP contribution in [-0.2, 0) is 14.8 Å². The van der Waals surface area contributed by atoms with Gasteiger partial charge in [0.15, 0.2) is 0 Å². The first-order valence-corrected chi connectivity index (χ1v) is 9.09. The van der Waals surface area contributed by atoms with Crippen LogP contribution in [0.2, 0.25) is 0 Å². The Balaban J connectivity index is 1.95. The van der Waals surface area contributed by atoms with Gasteiger partial charge in [0.2, 0.25) is 15.9 Å². The average Bonchev–Trinajstić information content (AvgIpc) is 2.53. The van der Waals surface area contributed by atoms with Crippen molar-refractivity contribution < 1.29 is 18.1 Å². The number of hydrogen-bond acceptors (Lipinski definition) is 6. The number of rotatable bonds is 6. The van der Waals surface area contributed by atoms with E-state index in [1.807, 2.05) is 0 Å². The fourth-order valence-corrected chi connectivity index (χ4v) is 3.02. The molecule has 126 valence electrons. The third-order valence-electron chi connectivity index (χ3n) is 2.86. The van der Waals surface area contributed by atoms with Crippen molar-refractivity contribution in [2.24, 2.45) is 5.14 Å². The molecule has 2 aromatic carbocycles. The molecule has 0 bridgehead atoms. The molecule has 1 amide bonds. The van der Waals surface area contributed by atoms with Crippen molar-refractivity contribution in [3.8, 4) is 0 Å². The summed E-state index contributed by atoms with van der Waals surface area (Å²) in [4.78, 5) is 22.6. The Morgan fingerprint density at radius 1 is 1.21 bits per heavy atom. The topological polar surface area (TPSA) is 132 Å². The van der Waals surface area contributed by atoms with Crippen molar-refractivity contribution in [3.63, 3.8) is 0 Å². The standard InChI is InChI=1S/C14H13N3O5S2/c15-24(21,22)13-3-1-2-10(8-13)16-14(18)9-23-12-6-4-11(5-7-12)17(19)20/h1-8H,9H2,(H,16,18)(H2,15,21,22). The monoisotopic (exact) mass is 367 g/mol. The molecule has 10 heteroatoms. The molecule has 2 rings (SSSR count).